The van der Waals surface area contributed by atoms with E-state index in [1.54, 1.807) is 17.0 Å². The first-order chi connectivity index (χ1) is 10.0. The van der Waals surface area contributed by atoms with Crippen LogP contribution in [0.25, 0.3) is 0 Å². The Morgan fingerprint density at radius 3 is 2.86 bits per heavy atom. The summed E-state index contributed by atoms with van der Waals surface area (Å²) in [6.45, 7) is 1.09. The lowest BCUT2D eigenvalue weighted by Gasteiger charge is -2.36. The molecular formula is C14H15N3O3S. The minimum Gasteiger partial charge on any atom is -0.337 e. The van der Waals surface area contributed by atoms with Gasteiger partial charge in [-0.25, -0.2) is 8.42 Å². The summed E-state index contributed by atoms with van der Waals surface area (Å²) in [6.07, 6.45) is 1.21. The van der Waals surface area contributed by atoms with Gasteiger partial charge in [0.1, 0.15) is 0 Å². The number of fused-ring (bicyclic) bond motifs is 1. The van der Waals surface area contributed by atoms with Crippen LogP contribution in [0.15, 0.2) is 29.2 Å². The molecule has 0 bridgehead atoms. The Hall–Kier alpha value is -1.91. The van der Waals surface area contributed by atoms with Gasteiger partial charge in [0, 0.05) is 32.1 Å². The second kappa shape index (κ2) is 5.13. The van der Waals surface area contributed by atoms with Crippen LogP contribution in [0.1, 0.15) is 18.4 Å². The van der Waals surface area contributed by atoms with Gasteiger partial charge in [-0.3, -0.25) is 4.79 Å². The molecule has 7 heteroatoms. The summed E-state index contributed by atoms with van der Waals surface area (Å²) in [5.74, 6) is 0.114. The molecule has 2 fully saturated rings. The molecule has 2 saturated heterocycles. The minimum atomic E-state index is -3.61. The highest BCUT2D eigenvalue weighted by Crippen LogP contribution is 2.26. The molecule has 0 spiro atoms. The maximum Gasteiger partial charge on any atom is 0.243 e. The van der Waals surface area contributed by atoms with E-state index in [0.717, 1.165) is 0 Å². The molecule has 0 radical (unpaired) electrons. The van der Waals surface area contributed by atoms with E-state index in [1.165, 1.54) is 16.4 Å². The monoisotopic (exact) mass is 305 g/mol. The van der Waals surface area contributed by atoms with Gasteiger partial charge in [0.25, 0.3) is 0 Å². The minimum absolute atomic E-state index is 0.0137. The van der Waals surface area contributed by atoms with E-state index in [9.17, 15) is 13.2 Å². The number of hydrogen-bond acceptors (Lipinski definition) is 4. The molecule has 1 aromatic carbocycles. The molecule has 1 unspecified atom stereocenters. The maximum atomic E-state index is 12.6. The average molecular weight is 305 g/mol. The van der Waals surface area contributed by atoms with Crippen molar-refractivity contribution >= 4 is 15.9 Å². The fraction of sp³-hybridized carbons (Fsp3) is 0.429. The highest BCUT2D eigenvalue weighted by molar-refractivity contribution is 7.89. The van der Waals surface area contributed by atoms with Crippen LogP contribution in [0.4, 0.5) is 0 Å². The van der Waals surface area contributed by atoms with Crippen LogP contribution >= 0.6 is 0 Å². The third-order valence-electron chi connectivity index (χ3n) is 4.06. The van der Waals surface area contributed by atoms with Crippen LogP contribution in [0.5, 0.6) is 0 Å². The molecule has 21 heavy (non-hydrogen) atoms. The van der Waals surface area contributed by atoms with Gasteiger partial charge < -0.3 is 4.90 Å². The van der Waals surface area contributed by atoms with E-state index < -0.39 is 10.0 Å². The first-order valence-corrected chi connectivity index (χ1v) is 8.26. The highest BCUT2D eigenvalue weighted by Gasteiger charge is 2.39. The van der Waals surface area contributed by atoms with Crippen LogP contribution < -0.4 is 0 Å². The molecule has 6 nitrogen and oxygen atoms in total. The zero-order valence-electron chi connectivity index (χ0n) is 11.4. The van der Waals surface area contributed by atoms with Gasteiger partial charge in [-0.2, -0.15) is 9.57 Å². The largest absolute Gasteiger partial charge is 0.337 e. The van der Waals surface area contributed by atoms with Crippen molar-refractivity contribution < 1.29 is 13.2 Å². The van der Waals surface area contributed by atoms with Gasteiger partial charge in [-0.05, 0) is 24.6 Å². The van der Waals surface area contributed by atoms with Gasteiger partial charge in [0.2, 0.25) is 15.9 Å². The summed E-state index contributed by atoms with van der Waals surface area (Å²) in [5.41, 5.74) is 0.325. The number of nitriles is 1. The average Bonchev–Trinajstić information content (AvgIpc) is 2.88. The quantitative estimate of drug-likeness (QED) is 0.799. The molecule has 0 aromatic heterocycles. The predicted molar refractivity (Wildman–Crippen MR) is 74.7 cm³/mol. The van der Waals surface area contributed by atoms with Gasteiger partial charge in [0.05, 0.1) is 16.5 Å². The second-order valence-corrected chi connectivity index (χ2v) is 7.22. The van der Waals surface area contributed by atoms with Gasteiger partial charge in [0.15, 0.2) is 0 Å². The number of carbonyl (C=O) groups excluding carboxylic acids is 1. The zero-order chi connectivity index (χ0) is 15.0. The zero-order valence-corrected chi connectivity index (χ0v) is 12.2. The lowest BCUT2D eigenvalue weighted by molar-refractivity contribution is -0.130. The molecule has 2 aliphatic heterocycles. The van der Waals surface area contributed by atoms with Crippen molar-refractivity contribution in [2.45, 2.75) is 23.8 Å². The number of hydrogen-bond donors (Lipinski definition) is 0. The normalized spacial score (nSPS) is 22.9. The summed E-state index contributed by atoms with van der Waals surface area (Å²) in [4.78, 5) is 13.6. The number of nitrogens with zero attached hydrogens (tertiary/aromatic N) is 3. The molecule has 0 saturated carbocycles. The smallest absolute Gasteiger partial charge is 0.243 e. The van der Waals surface area contributed by atoms with E-state index in [4.69, 9.17) is 5.26 Å². The number of piperazine rings is 1. The van der Waals surface area contributed by atoms with E-state index in [2.05, 4.69) is 0 Å². The highest BCUT2D eigenvalue weighted by atomic mass is 32.2. The van der Waals surface area contributed by atoms with Crippen LogP contribution in [-0.2, 0) is 14.8 Å². The summed E-state index contributed by atoms with van der Waals surface area (Å²) in [6, 6.07) is 7.97. The van der Waals surface area contributed by atoms with E-state index in [1.807, 2.05) is 6.07 Å². The summed E-state index contributed by atoms with van der Waals surface area (Å²) in [5, 5.41) is 8.89. The number of carbonyl (C=O) groups is 1. The first kappa shape index (κ1) is 14.0. The lowest BCUT2D eigenvalue weighted by Crippen LogP contribution is -2.53. The van der Waals surface area contributed by atoms with Crippen LogP contribution in [0.2, 0.25) is 0 Å². The van der Waals surface area contributed by atoms with Crippen molar-refractivity contribution in [1.29, 1.82) is 5.26 Å². The molecule has 1 amide bonds. The SMILES string of the molecule is N#Cc1cccc(S(=O)(=O)N2CCN3C(=O)CCC3C2)c1. The number of rotatable bonds is 2. The van der Waals surface area contributed by atoms with Gasteiger partial charge in [-0.15, -0.1) is 0 Å². The van der Waals surface area contributed by atoms with Crippen LogP contribution in [0.3, 0.4) is 0 Å². The molecular weight excluding hydrogens is 290 g/mol. The maximum absolute atomic E-state index is 12.6. The standard InChI is InChI=1S/C14H15N3O3S/c15-9-11-2-1-3-13(8-11)21(19,20)16-6-7-17-12(10-16)4-5-14(17)18/h1-3,8,12H,4-7,10H2. The second-order valence-electron chi connectivity index (χ2n) is 5.28. The molecule has 0 N–H and O–H groups in total. The summed E-state index contributed by atoms with van der Waals surface area (Å²) >= 11 is 0. The Labute approximate surface area is 123 Å². The van der Waals surface area contributed by atoms with E-state index >= 15 is 0 Å². The Morgan fingerprint density at radius 2 is 2.10 bits per heavy atom. The molecule has 0 aliphatic carbocycles. The predicted octanol–water partition coefficient (Wildman–Crippen LogP) is 0.554. The van der Waals surface area contributed by atoms with Crippen molar-refractivity contribution in [3.8, 4) is 6.07 Å². The fourth-order valence-electron chi connectivity index (χ4n) is 2.93. The third kappa shape index (κ3) is 2.41. The third-order valence-corrected chi connectivity index (χ3v) is 5.92. The molecule has 1 atom stereocenters. The van der Waals surface area contributed by atoms with Crippen molar-refractivity contribution in [2.75, 3.05) is 19.6 Å². The topological polar surface area (TPSA) is 81.5 Å². The van der Waals surface area contributed by atoms with Crippen molar-refractivity contribution in [3.05, 3.63) is 29.8 Å². The molecule has 2 heterocycles. The Morgan fingerprint density at radius 1 is 1.29 bits per heavy atom. The molecule has 110 valence electrons. The van der Waals surface area contributed by atoms with E-state index in [0.29, 0.717) is 38.0 Å². The first-order valence-electron chi connectivity index (χ1n) is 6.82. The van der Waals surface area contributed by atoms with Crippen LogP contribution in [0, 0.1) is 11.3 Å². The Kier molecular flexibility index (Phi) is 3.43. The van der Waals surface area contributed by atoms with Gasteiger partial charge >= 0.3 is 0 Å². The van der Waals surface area contributed by atoms with E-state index in [-0.39, 0.29) is 16.8 Å². The molecule has 1 aromatic rings. The van der Waals surface area contributed by atoms with Crippen molar-refractivity contribution in [3.63, 3.8) is 0 Å². The van der Waals surface area contributed by atoms with Crippen molar-refractivity contribution in [2.24, 2.45) is 0 Å². The summed E-state index contributed by atoms with van der Waals surface area (Å²) < 4.78 is 26.7. The molecule has 3 rings (SSSR count). The Balaban J connectivity index is 1.86. The number of benzene rings is 1. The molecule has 2 aliphatic rings. The summed E-state index contributed by atoms with van der Waals surface area (Å²) in [7, 11) is -3.61. The van der Waals surface area contributed by atoms with Gasteiger partial charge in [-0.1, -0.05) is 6.07 Å². The van der Waals surface area contributed by atoms with Crippen LogP contribution in [-0.4, -0.2) is 49.2 Å². The Bertz CT molecular complexity index is 723. The number of amides is 1. The number of sulfonamides is 1. The van der Waals surface area contributed by atoms with Crippen molar-refractivity contribution in [1.82, 2.24) is 9.21 Å². The lowest BCUT2D eigenvalue weighted by atomic mass is 10.2. The fourth-order valence-corrected chi connectivity index (χ4v) is 4.44.